The van der Waals surface area contributed by atoms with E-state index in [1.165, 1.54) is 0 Å². The lowest BCUT2D eigenvalue weighted by Gasteiger charge is -2.13. The maximum Gasteiger partial charge on any atom is 0.231 e. The van der Waals surface area contributed by atoms with E-state index in [4.69, 9.17) is 33.5 Å². The summed E-state index contributed by atoms with van der Waals surface area (Å²) in [6.07, 6.45) is 0.849. The van der Waals surface area contributed by atoms with Crippen LogP contribution in [-0.2, 0) is 0 Å². The summed E-state index contributed by atoms with van der Waals surface area (Å²) < 4.78 is 5.26. The summed E-state index contributed by atoms with van der Waals surface area (Å²) in [4.78, 5) is 4.36. The van der Waals surface area contributed by atoms with E-state index in [0.717, 1.165) is 12.0 Å². The standard InChI is InChI=1S/C13H15Cl2N3O/c1-3-11(16)7(2)13-17-12(18-19-13)8-4-9(14)6-10(15)5-8/h4-7,11H,3,16H2,1-2H3. The van der Waals surface area contributed by atoms with Crippen LogP contribution < -0.4 is 5.73 Å². The molecular formula is C13H15Cl2N3O. The van der Waals surface area contributed by atoms with Gasteiger partial charge in [0.2, 0.25) is 11.7 Å². The summed E-state index contributed by atoms with van der Waals surface area (Å²) in [6, 6.07) is 5.14. The van der Waals surface area contributed by atoms with Crippen LogP contribution in [0, 0.1) is 0 Å². The first kappa shape index (κ1) is 14.3. The third-order valence-corrected chi connectivity index (χ3v) is 3.50. The van der Waals surface area contributed by atoms with Crippen LogP contribution in [0.25, 0.3) is 11.4 Å². The van der Waals surface area contributed by atoms with E-state index in [-0.39, 0.29) is 12.0 Å². The summed E-state index contributed by atoms with van der Waals surface area (Å²) >= 11 is 11.9. The minimum Gasteiger partial charge on any atom is -0.339 e. The molecule has 0 radical (unpaired) electrons. The first-order valence-corrected chi connectivity index (χ1v) is 6.82. The van der Waals surface area contributed by atoms with Gasteiger partial charge < -0.3 is 10.3 Å². The van der Waals surface area contributed by atoms with E-state index in [1.54, 1.807) is 18.2 Å². The number of hydrogen-bond donors (Lipinski definition) is 1. The average Bonchev–Trinajstić information content (AvgIpc) is 2.85. The molecule has 0 amide bonds. The van der Waals surface area contributed by atoms with Gasteiger partial charge in [0.25, 0.3) is 0 Å². The summed E-state index contributed by atoms with van der Waals surface area (Å²) in [5, 5.41) is 5.02. The SMILES string of the molecule is CCC(N)C(C)c1nc(-c2cc(Cl)cc(Cl)c2)no1. The summed E-state index contributed by atoms with van der Waals surface area (Å²) in [5.41, 5.74) is 6.70. The van der Waals surface area contributed by atoms with Gasteiger partial charge in [-0.3, -0.25) is 0 Å². The monoisotopic (exact) mass is 299 g/mol. The number of nitrogens with two attached hydrogens (primary N) is 1. The molecule has 4 nitrogen and oxygen atoms in total. The summed E-state index contributed by atoms with van der Waals surface area (Å²) in [5.74, 6) is 1.01. The average molecular weight is 300 g/mol. The summed E-state index contributed by atoms with van der Waals surface area (Å²) in [6.45, 7) is 3.99. The van der Waals surface area contributed by atoms with Crippen LogP contribution in [0.3, 0.4) is 0 Å². The smallest absolute Gasteiger partial charge is 0.231 e. The Bertz CT molecular complexity index is 551. The molecule has 1 aromatic carbocycles. The highest BCUT2D eigenvalue weighted by molar-refractivity contribution is 6.35. The van der Waals surface area contributed by atoms with Crippen molar-refractivity contribution in [3.63, 3.8) is 0 Å². The van der Waals surface area contributed by atoms with Crippen molar-refractivity contribution in [3.8, 4) is 11.4 Å². The van der Waals surface area contributed by atoms with Crippen molar-refractivity contribution < 1.29 is 4.52 Å². The number of nitrogens with zero attached hydrogens (tertiary/aromatic N) is 2. The molecule has 2 N–H and O–H groups in total. The van der Waals surface area contributed by atoms with Gasteiger partial charge in [-0.25, -0.2) is 0 Å². The van der Waals surface area contributed by atoms with Crippen LogP contribution in [0.4, 0.5) is 0 Å². The quantitative estimate of drug-likeness (QED) is 0.930. The van der Waals surface area contributed by atoms with Crippen LogP contribution in [0.2, 0.25) is 10.0 Å². The fraction of sp³-hybridized carbons (Fsp3) is 0.385. The van der Waals surface area contributed by atoms with Crippen LogP contribution in [-0.4, -0.2) is 16.2 Å². The highest BCUT2D eigenvalue weighted by Gasteiger charge is 2.20. The Kier molecular flexibility index (Phi) is 4.45. The van der Waals surface area contributed by atoms with Crippen LogP contribution in [0.5, 0.6) is 0 Å². The molecule has 0 aliphatic carbocycles. The molecule has 0 saturated carbocycles. The largest absolute Gasteiger partial charge is 0.339 e. The van der Waals surface area contributed by atoms with Crippen molar-refractivity contribution in [1.29, 1.82) is 0 Å². The maximum absolute atomic E-state index is 5.97. The number of aromatic nitrogens is 2. The molecule has 0 fully saturated rings. The molecule has 0 saturated heterocycles. The molecule has 0 aliphatic rings. The molecule has 102 valence electrons. The van der Waals surface area contributed by atoms with Gasteiger partial charge in [0.05, 0.1) is 5.92 Å². The second kappa shape index (κ2) is 5.90. The molecule has 2 unspecified atom stereocenters. The highest BCUT2D eigenvalue weighted by atomic mass is 35.5. The highest BCUT2D eigenvalue weighted by Crippen LogP contribution is 2.27. The molecule has 0 spiro atoms. The Morgan fingerprint density at radius 2 is 1.89 bits per heavy atom. The Labute approximate surface area is 121 Å². The zero-order valence-corrected chi connectivity index (χ0v) is 12.2. The number of rotatable bonds is 4. The molecule has 0 bridgehead atoms. The van der Waals surface area contributed by atoms with Crippen LogP contribution >= 0.6 is 23.2 Å². The van der Waals surface area contributed by atoms with Gasteiger partial charge in [-0.05, 0) is 24.6 Å². The van der Waals surface area contributed by atoms with E-state index < -0.39 is 0 Å². The first-order valence-electron chi connectivity index (χ1n) is 6.07. The van der Waals surface area contributed by atoms with Crippen LogP contribution in [0.1, 0.15) is 32.1 Å². The predicted octanol–water partition coefficient (Wildman–Crippen LogP) is 3.88. The van der Waals surface area contributed by atoms with Crippen molar-refractivity contribution in [2.75, 3.05) is 0 Å². The Morgan fingerprint density at radius 3 is 2.47 bits per heavy atom. The van der Waals surface area contributed by atoms with Gasteiger partial charge >= 0.3 is 0 Å². The zero-order valence-electron chi connectivity index (χ0n) is 10.7. The molecule has 2 aromatic rings. The second-order valence-corrected chi connectivity index (χ2v) is 5.35. The van der Waals surface area contributed by atoms with Crippen molar-refractivity contribution in [3.05, 3.63) is 34.1 Å². The number of benzene rings is 1. The third kappa shape index (κ3) is 3.26. The fourth-order valence-corrected chi connectivity index (χ4v) is 2.28. The molecule has 0 aliphatic heterocycles. The Morgan fingerprint density at radius 1 is 1.26 bits per heavy atom. The van der Waals surface area contributed by atoms with Gasteiger partial charge in [0.1, 0.15) is 0 Å². The lowest BCUT2D eigenvalue weighted by molar-refractivity contribution is 0.340. The van der Waals surface area contributed by atoms with Crippen molar-refractivity contribution in [2.24, 2.45) is 5.73 Å². The lowest BCUT2D eigenvalue weighted by atomic mass is 10.0. The predicted molar refractivity (Wildman–Crippen MR) is 76.4 cm³/mol. The first-order chi connectivity index (χ1) is 9.01. The summed E-state index contributed by atoms with van der Waals surface area (Å²) in [7, 11) is 0. The molecule has 1 aromatic heterocycles. The fourth-order valence-electron chi connectivity index (χ4n) is 1.76. The molecule has 2 atom stereocenters. The normalized spacial score (nSPS) is 14.4. The number of halogens is 2. The maximum atomic E-state index is 5.97. The van der Waals surface area contributed by atoms with Gasteiger partial charge in [-0.1, -0.05) is 42.2 Å². The van der Waals surface area contributed by atoms with E-state index in [9.17, 15) is 0 Å². The van der Waals surface area contributed by atoms with Gasteiger partial charge in [-0.15, -0.1) is 0 Å². The van der Waals surface area contributed by atoms with E-state index >= 15 is 0 Å². The third-order valence-electron chi connectivity index (χ3n) is 3.07. The van der Waals surface area contributed by atoms with Crippen molar-refractivity contribution in [2.45, 2.75) is 32.2 Å². The second-order valence-electron chi connectivity index (χ2n) is 4.48. The molecule has 2 rings (SSSR count). The molecule has 19 heavy (non-hydrogen) atoms. The Balaban J connectivity index is 2.30. The van der Waals surface area contributed by atoms with Crippen LogP contribution in [0.15, 0.2) is 22.7 Å². The molecule has 1 heterocycles. The zero-order chi connectivity index (χ0) is 14.0. The van der Waals surface area contributed by atoms with E-state index in [2.05, 4.69) is 10.1 Å². The van der Waals surface area contributed by atoms with Crippen molar-refractivity contribution >= 4 is 23.2 Å². The molecule has 6 heteroatoms. The Hall–Kier alpha value is -1.10. The molecular weight excluding hydrogens is 285 g/mol. The van der Waals surface area contributed by atoms with E-state index in [1.807, 2.05) is 13.8 Å². The number of hydrogen-bond acceptors (Lipinski definition) is 4. The minimum absolute atomic E-state index is 0.00347. The van der Waals surface area contributed by atoms with Gasteiger partial charge in [0, 0.05) is 21.7 Å². The lowest BCUT2D eigenvalue weighted by Crippen LogP contribution is -2.25. The van der Waals surface area contributed by atoms with Crippen molar-refractivity contribution in [1.82, 2.24) is 10.1 Å². The van der Waals surface area contributed by atoms with E-state index in [0.29, 0.717) is 21.8 Å². The topological polar surface area (TPSA) is 64.9 Å². The van der Waals surface area contributed by atoms with Gasteiger partial charge in [0.15, 0.2) is 0 Å². The van der Waals surface area contributed by atoms with Gasteiger partial charge in [-0.2, -0.15) is 4.98 Å². The minimum atomic E-state index is -0.00347.